The molecule has 1 heteroatoms. The van der Waals surface area contributed by atoms with Crippen LogP contribution in [0.4, 0.5) is 0 Å². The number of methoxy groups -OCH3 is 1. The molecule has 0 radical (unpaired) electrons. The summed E-state index contributed by atoms with van der Waals surface area (Å²) in [6.07, 6.45) is 12.0. The molecule has 21 heavy (non-hydrogen) atoms. The molecule has 0 heterocycles. The van der Waals surface area contributed by atoms with Crippen molar-refractivity contribution in [1.29, 1.82) is 0 Å². The highest BCUT2D eigenvalue weighted by Gasteiger charge is 1.97. The van der Waals surface area contributed by atoms with Crippen molar-refractivity contribution in [2.24, 2.45) is 0 Å². The molecule has 1 nitrogen and oxygen atoms in total. The van der Waals surface area contributed by atoms with Crippen LogP contribution >= 0.6 is 0 Å². The van der Waals surface area contributed by atoms with E-state index in [-0.39, 0.29) is 0 Å². The minimum Gasteiger partial charge on any atom is -0.497 e. The first kappa shape index (κ1) is 14.9. The second kappa shape index (κ2) is 7.30. The second-order valence-electron chi connectivity index (χ2n) is 4.84. The van der Waals surface area contributed by atoms with Gasteiger partial charge in [0.15, 0.2) is 0 Å². The molecule has 0 bridgehead atoms. The highest BCUT2D eigenvalue weighted by molar-refractivity contribution is 5.86. The molecule has 0 saturated heterocycles. The molecule has 106 valence electrons. The van der Waals surface area contributed by atoms with E-state index in [4.69, 9.17) is 4.74 Å². The van der Waals surface area contributed by atoms with Crippen molar-refractivity contribution < 1.29 is 4.74 Å². The van der Waals surface area contributed by atoms with E-state index < -0.39 is 0 Å². The van der Waals surface area contributed by atoms with Crippen LogP contribution in [0.3, 0.4) is 0 Å². The number of ether oxygens (including phenoxy) is 1. The Labute approximate surface area is 126 Å². The summed E-state index contributed by atoms with van der Waals surface area (Å²) in [5, 5.41) is 2.40. The third-order valence-corrected chi connectivity index (χ3v) is 3.22. The van der Waals surface area contributed by atoms with E-state index in [0.29, 0.717) is 0 Å². The lowest BCUT2D eigenvalue weighted by atomic mass is 10.1. The van der Waals surface area contributed by atoms with Gasteiger partial charge in [-0.2, -0.15) is 0 Å². The van der Waals surface area contributed by atoms with Crippen LogP contribution in [0, 0.1) is 0 Å². The zero-order valence-electron chi connectivity index (χ0n) is 12.5. The van der Waals surface area contributed by atoms with Crippen molar-refractivity contribution in [3.05, 3.63) is 84.5 Å². The monoisotopic (exact) mass is 276 g/mol. The highest BCUT2D eigenvalue weighted by atomic mass is 16.5. The van der Waals surface area contributed by atoms with E-state index in [1.54, 1.807) is 13.2 Å². The number of benzene rings is 2. The van der Waals surface area contributed by atoms with Crippen LogP contribution in [0.2, 0.25) is 0 Å². The van der Waals surface area contributed by atoms with Crippen LogP contribution < -0.4 is 4.74 Å². The quantitative estimate of drug-likeness (QED) is 0.650. The largest absolute Gasteiger partial charge is 0.497 e. The maximum Gasteiger partial charge on any atom is 0.119 e. The molecule has 0 aliphatic heterocycles. The van der Waals surface area contributed by atoms with E-state index >= 15 is 0 Å². The SMILES string of the molecule is C=C\C=C/C=C(C)/C=C/c1ccc2cc(OC)ccc2c1. The van der Waals surface area contributed by atoms with Gasteiger partial charge in [-0.1, -0.05) is 66.8 Å². The number of fused-ring (bicyclic) bond motifs is 1. The van der Waals surface area contributed by atoms with Crippen molar-refractivity contribution in [2.75, 3.05) is 7.11 Å². The number of allylic oxidation sites excluding steroid dienone is 6. The predicted molar refractivity (Wildman–Crippen MR) is 92.6 cm³/mol. The fourth-order valence-electron chi connectivity index (χ4n) is 2.04. The molecule has 2 aromatic carbocycles. The Morgan fingerprint density at radius 1 is 1.05 bits per heavy atom. The third-order valence-electron chi connectivity index (χ3n) is 3.22. The summed E-state index contributed by atoms with van der Waals surface area (Å²) in [5.41, 5.74) is 2.39. The van der Waals surface area contributed by atoms with Crippen LogP contribution in [-0.4, -0.2) is 7.11 Å². The Balaban J connectivity index is 2.21. The van der Waals surface area contributed by atoms with Gasteiger partial charge in [0, 0.05) is 0 Å². The van der Waals surface area contributed by atoms with Gasteiger partial charge in [0.2, 0.25) is 0 Å². The third kappa shape index (κ3) is 4.22. The lowest BCUT2D eigenvalue weighted by molar-refractivity contribution is 0.415. The van der Waals surface area contributed by atoms with Crippen LogP contribution in [0.25, 0.3) is 16.8 Å². The van der Waals surface area contributed by atoms with E-state index in [2.05, 4.69) is 56.0 Å². The second-order valence-corrected chi connectivity index (χ2v) is 4.84. The van der Waals surface area contributed by atoms with Crippen molar-refractivity contribution >= 4 is 16.8 Å². The standard InChI is InChI=1S/C20H20O/c1-4-5-6-7-16(2)8-9-17-10-11-19-15-20(21-3)13-12-18(19)14-17/h4-15H,1H2,2-3H3/b6-5-,9-8+,16-7+. The normalized spacial score (nSPS) is 12.4. The van der Waals surface area contributed by atoms with Gasteiger partial charge in [-0.25, -0.2) is 0 Å². The van der Waals surface area contributed by atoms with Crippen LogP contribution in [0.1, 0.15) is 12.5 Å². The summed E-state index contributed by atoms with van der Waals surface area (Å²) < 4.78 is 5.24. The number of rotatable bonds is 5. The van der Waals surface area contributed by atoms with Gasteiger partial charge in [0.25, 0.3) is 0 Å². The van der Waals surface area contributed by atoms with Crippen molar-refractivity contribution in [3.63, 3.8) is 0 Å². The summed E-state index contributed by atoms with van der Waals surface area (Å²) in [6, 6.07) is 12.5. The van der Waals surface area contributed by atoms with E-state index in [0.717, 1.165) is 5.75 Å². The van der Waals surface area contributed by atoms with Gasteiger partial charge < -0.3 is 4.74 Å². The molecule has 0 aliphatic carbocycles. The molecule has 0 aromatic heterocycles. The fourth-order valence-corrected chi connectivity index (χ4v) is 2.04. The Kier molecular flexibility index (Phi) is 5.16. The van der Waals surface area contributed by atoms with Gasteiger partial charge in [-0.3, -0.25) is 0 Å². The van der Waals surface area contributed by atoms with Crippen LogP contribution in [-0.2, 0) is 0 Å². The number of hydrogen-bond donors (Lipinski definition) is 0. The summed E-state index contributed by atoms with van der Waals surface area (Å²) in [5.74, 6) is 0.888. The van der Waals surface area contributed by atoms with Crippen molar-refractivity contribution in [1.82, 2.24) is 0 Å². The summed E-state index contributed by atoms with van der Waals surface area (Å²) in [4.78, 5) is 0. The first-order valence-corrected chi connectivity index (χ1v) is 6.95. The molecule has 0 atom stereocenters. The Morgan fingerprint density at radius 3 is 2.57 bits per heavy atom. The molecule has 0 fully saturated rings. The van der Waals surface area contributed by atoms with Crippen molar-refractivity contribution in [3.8, 4) is 5.75 Å². The Hall–Kier alpha value is -2.54. The van der Waals surface area contributed by atoms with Crippen LogP contribution in [0.5, 0.6) is 5.75 Å². The first-order valence-electron chi connectivity index (χ1n) is 6.95. The minimum absolute atomic E-state index is 0.888. The maximum atomic E-state index is 5.24. The topological polar surface area (TPSA) is 9.23 Å². The van der Waals surface area contributed by atoms with Gasteiger partial charge in [-0.15, -0.1) is 0 Å². The summed E-state index contributed by atoms with van der Waals surface area (Å²) in [6.45, 7) is 5.73. The van der Waals surface area contributed by atoms with Crippen molar-refractivity contribution in [2.45, 2.75) is 6.92 Å². The molecule has 0 saturated carbocycles. The molecule has 0 spiro atoms. The number of hydrogen-bond acceptors (Lipinski definition) is 1. The maximum absolute atomic E-state index is 5.24. The first-order chi connectivity index (χ1) is 10.2. The Morgan fingerprint density at radius 2 is 1.81 bits per heavy atom. The average Bonchev–Trinajstić information content (AvgIpc) is 2.52. The van der Waals surface area contributed by atoms with E-state index in [1.165, 1.54) is 21.9 Å². The molecular weight excluding hydrogens is 256 g/mol. The smallest absolute Gasteiger partial charge is 0.119 e. The predicted octanol–water partition coefficient (Wildman–Crippen LogP) is 5.55. The zero-order valence-corrected chi connectivity index (χ0v) is 12.5. The molecule has 0 N–H and O–H groups in total. The molecule has 2 aromatic rings. The van der Waals surface area contributed by atoms with E-state index in [9.17, 15) is 0 Å². The molecular formula is C20H20O. The molecule has 0 amide bonds. The highest BCUT2D eigenvalue weighted by Crippen LogP contribution is 2.22. The summed E-state index contributed by atoms with van der Waals surface area (Å²) in [7, 11) is 1.69. The lowest BCUT2D eigenvalue weighted by Crippen LogP contribution is -1.82. The van der Waals surface area contributed by atoms with Gasteiger partial charge in [-0.05, 0) is 41.5 Å². The zero-order chi connectivity index (χ0) is 15.1. The van der Waals surface area contributed by atoms with Crippen LogP contribution in [0.15, 0.2) is 78.9 Å². The van der Waals surface area contributed by atoms with Gasteiger partial charge >= 0.3 is 0 Å². The molecule has 0 aliphatic rings. The molecule has 0 unspecified atom stereocenters. The lowest BCUT2D eigenvalue weighted by Gasteiger charge is -2.03. The van der Waals surface area contributed by atoms with Gasteiger partial charge in [0.05, 0.1) is 7.11 Å². The molecule has 2 rings (SSSR count). The minimum atomic E-state index is 0.888. The average molecular weight is 276 g/mol. The Bertz CT molecular complexity index is 718. The van der Waals surface area contributed by atoms with E-state index in [1.807, 2.05) is 24.3 Å². The summed E-state index contributed by atoms with van der Waals surface area (Å²) >= 11 is 0. The fraction of sp³-hybridized carbons (Fsp3) is 0.100. The van der Waals surface area contributed by atoms with Gasteiger partial charge in [0.1, 0.15) is 5.75 Å².